The Kier molecular flexibility index (Phi) is 1.68. The first-order chi connectivity index (χ1) is 7.70. The Morgan fingerprint density at radius 3 is 2.12 bits per heavy atom. The van der Waals surface area contributed by atoms with Gasteiger partial charge in [-0.25, -0.2) is 0 Å². The summed E-state index contributed by atoms with van der Waals surface area (Å²) in [4.78, 5) is 1.77. The van der Waals surface area contributed by atoms with Gasteiger partial charge in [0.2, 0.25) is 11.8 Å². The molecular formula is C12H12N2O2. The smallest absolute Gasteiger partial charge is 0.221 e. The van der Waals surface area contributed by atoms with Crippen LogP contribution in [-0.2, 0) is 6.54 Å². The van der Waals surface area contributed by atoms with Crippen molar-refractivity contribution >= 4 is 11.4 Å². The number of aromatic hydroxyl groups is 2. The van der Waals surface area contributed by atoms with Crippen LogP contribution in [0.15, 0.2) is 30.3 Å². The molecule has 1 aromatic heterocycles. The molecule has 1 aliphatic heterocycles. The molecule has 0 saturated carbocycles. The number of rotatable bonds is 2. The second-order valence-electron chi connectivity index (χ2n) is 3.98. The van der Waals surface area contributed by atoms with Crippen LogP contribution in [-0.4, -0.2) is 21.8 Å². The molecule has 0 fully saturated rings. The molecule has 2 heterocycles. The minimum absolute atomic E-state index is 0.138. The van der Waals surface area contributed by atoms with Crippen molar-refractivity contribution < 1.29 is 10.2 Å². The van der Waals surface area contributed by atoms with Gasteiger partial charge in [-0.2, -0.15) is 0 Å². The fourth-order valence-corrected chi connectivity index (χ4v) is 2.03. The van der Waals surface area contributed by atoms with Crippen LogP contribution < -0.4 is 4.90 Å². The van der Waals surface area contributed by atoms with E-state index in [1.807, 2.05) is 37.4 Å². The lowest BCUT2D eigenvalue weighted by molar-refractivity contribution is 0.375. The lowest BCUT2D eigenvalue weighted by atomic mass is 10.2. The summed E-state index contributed by atoms with van der Waals surface area (Å²) in [5.41, 5.74) is 2.51. The molecular weight excluding hydrogens is 204 g/mol. The van der Waals surface area contributed by atoms with Crippen molar-refractivity contribution in [3.05, 3.63) is 35.9 Å². The first-order valence-corrected chi connectivity index (χ1v) is 5.12. The molecule has 82 valence electrons. The summed E-state index contributed by atoms with van der Waals surface area (Å²) >= 11 is 0. The molecule has 3 rings (SSSR count). The zero-order valence-electron chi connectivity index (χ0n) is 8.88. The highest BCUT2D eigenvalue weighted by molar-refractivity contribution is 6.01. The van der Waals surface area contributed by atoms with Crippen molar-refractivity contribution in [1.82, 2.24) is 4.57 Å². The van der Waals surface area contributed by atoms with Crippen LogP contribution >= 0.6 is 0 Å². The van der Waals surface area contributed by atoms with E-state index in [0.717, 1.165) is 16.9 Å². The largest absolute Gasteiger partial charge is 0.493 e. The Morgan fingerprint density at radius 2 is 1.56 bits per heavy atom. The van der Waals surface area contributed by atoms with Crippen LogP contribution in [0.25, 0.3) is 0 Å². The molecule has 0 atom stereocenters. The monoisotopic (exact) mass is 216 g/mol. The van der Waals surface area contributed by atoms with Gasteiger partial charge in [0.1, 0.15) is 11.4 Å². The molecule has 0 amide bonds. The van der Waals surface area contributed by atoms with Gasteiger partial charge in [0.25, 0.3) is 0 Å². The summed E-state index contributed by atoms with van der Waals surface area (Å²) in [6, 6.07) is 9.74. The van der Waals surface area contributed by atoms with E-state index >= 15 is 0 Å². The molecule has 0 bridgehead atoms. The molecule has 0 radical (unpaired) electrons. The maximum atomic E-state index is 9.86. The topological polar surface area (TPSA) is 48.4 Å². The third kappa shape index (κ3) is 1.10. The average Bonchev–Trinajstić information content (AvgIpc) is 2.90. The lowest BCUT2D eigenvalue weighted by Gasteiger charge is -2.10. The van der Waals surface area contributed by atoms with Crippen molar-refractivity contribution in [2.45, 2.75) is 6.54 Å². The highest BCUT2D eigenvalue weighted by Gasteiger charge is 2.39. The van der Waals surface area contributed by atoms with Gasteiger partial charge in [-0.05, 0) is 5.56 Å². The van der Waals surface area contributed by atoms with Gasteiger partial charge in [0.05, 0.1) is 6.54 Å². The lowest BCUT2D eigenvalue weighted by Crippen LogP contribution is -2.02. The Hall–Kier alpha value is -2.10. The third-order valence-corrected chi connectivity index (χ3v) is 2.96. The predicted octanol–water partition coefficient (Wildman–Crippen LogP) is 2.03. The maximum Gasteiger partial charge on any atom is 0.221 e. The minimum Gasteiger partial charge on any atom is -0.493 e. The predicted molar refractivity (Wildman–Crippen MR) is 61.4 cm³/mol. The molecule has 0 unspecified atom stereocenters. The average molecular weight is 216 g/mol. The molecule has 4 heteroatoms. The van der Waals surface area contributed by atoms with Crippen molar-refractivity contribution in [2.24, 2.45) is 0 Å². The van der Waals surface area contributed by atoms with Crippen LogP contribution in [0.1, 0.15) is 5.56 Å². The van der Waals surface area contributed by atoms with Crippen LogP contribution in [0.5, 0.6) is 11.8 Å². The standard InChI is InChI=1S/C12H12N2O2/c1-13-9-10(13)12(16)14(11(9)15)7-8-5-3-2-4-6-8/h2-6,15-16H,7H2,1H3. The number of fused-ring (bicyclic) bond motifs is 1. The summed E-state index contributed by atoms with van der Waals surface area (Å²) in [6.07, 6.45) is 0. The third-order valence-electron chi connectivity index (χ3n) is 2.96. The van der Waals surface area contributed by atoms with E-state index in [4.69, 9.17) is 0 Å². The highest BCUT2D eigenvalue weighted by atomic mass is 16.3. The molecule has 4 nitrogen and oxygen atoms in total. The Morgan fingerprint density at radius 1 is 1.00 bits per heavy atom. The van der Waals surface area contributed by atoms with Gasteiger partial charge in [-0.3, -0.25) is 4.57 Å². The number of aromatic nitrogens is 1. The van der Waals surface area contributed by atoms with Gasteiger partial charge in [-0.1, -0.05) is 30.3 Å². The molecule has 1 aliphatic rings. The van der Waals surface area contributed by atoms with Crippen LogP contribution in [0.4, 0.5) is 11.4 Å². The molecule has 0 saturated heterocycles. The summed E-state index contributed by atoms with van der Waals surface area (Å²) in [5, 5.41) is 19.7. The second kappa shape index (κ2) is 2.95. The van der Waals surface area contributed by atoms with Crippen LogP contribution in [0.2, 0.25) is 0 Å². The molecule has 0 spiro atoms. The molecule has 2 aromatic rings. The van der Waals surface area contributed by atoms with E-state index in [-0.39, 0.29) is 11.8 Å². The van der Waals surface area contributed by atoms with Gasteiger partial charge in [-0.15, -0.1) is 0 Å². The summed E-state index contributed by atoms with van der Waals surface area (Å²) < 4.78 is 1.51. The van der Waals surface area contributed by atoms with Gasteiger partial charge >= 0.3 is 0 Å². The highest BCUT2D eigenvalue weighted by Crippen LogP contribution is 2.60. The van der Waals surface area contributed by atoms with Crippen molar-refractivity contribution in [1.29, 1.82) is 0 Å². The van der Waals surface area contributed by atoms with Gasteiger partial charge < -0.3 is 15.1 Å². The van der Waals surface area contributed by atoms with Crippen molar-refractivity contribution in [2.75, 3.05) is 11.9 Å². The SMILES string of the molecule is CN1c2c1c(O)n(Cc1ccccc1)c2O. The Bertz CT molecular complexity index is 518. The van der Waals surface area contributed by atoms with Crippen LogP contribution in [0.3, 0.4) is 0 Å². The fraction of sp³-hybridized carbons (Fsp3) is 0.167. The Balaban J connectivity index is 1.96. The first kappa shape index (κ1) is 9.15. The van der Waals surface area contributed by atoms with E-state index in [2.05, 4.69) is 0 Å². The zero-order valence-corrected chi connectivity index (χ0v) is 8.88. The molecule has 16 heavy (non-hydrogen) atoms. The quantitative estimate of drug-likeness (QED) is 0.755. The molecule has 0 aliphatic carbocycles. The van der Waals surface area contributed by atoms with Crippen molar-refractivity contribution in [3.8, 4) is 11.8 Å². The summed E-state index contributed by atoms with van der Waals surface area (Å²) in [5.74, 6) is 0.276. The zero-order chi connectivity index (χ0) is 11.3. The van der Waals surface area contributed by atoms with Gasteiger partial charge in [0, 0.05) is 7.05 Å². The normalized spacial score (nSPS) is 12.7. The van der Waals surface area contributed by atoms with E-state index in [1.54, 1.807) is 4.90 Å². The van der Waals surface area contributed by atoms with E-state index < -0.39 is 0 Å². The molecule has 2 N–H and O–H groups in total. The van der Waals surface area contributed by atoms with Crippen LogP contribution in [0, 0.1) is 0 Å². The van der Waals surface area contributed by atoms with Crippen molar-refractivity contribution in [3.63, 3.8) is 0 Å². The number of hydrogen-bond acceptors (Lipinski definition) is 3. The fourth-order valence-electron chi connectivity index (χ4n) is 2.03. The van der Waals surface area contributed by atoms with E-state index in [1.165, 1.54) is 4.57 Å². The van der Waals surface area contributed by atoms with E-state index in [0.29, 0.717) is 6.54 Å². The first-order valence-electron chi connectivity index (χ1n) is 5.12. The summed E-state index contributed by atoms with van der Waals surface area (Å²) in [7, 11) is 1.82. The Labute approximate surface area is 93.0 Å². The maximum absolute atomic E-state index is 9.86. The second-order valence-corrected chi connectivity index (χ2v) is 3.98. The summed E-state index contributed by atoms with van der Waals surface area (Å²) in [6.45, 7) is 0.485. The number of anilines is 2. The number of hydrogen-bond donors (Lipinski definition) is 2. The number of benzene rings is 1. The minimum atomic E-state index is 0.138. The molecule has 1 aromatic carbocycles. The van der Waals surface area contributed by atoms with Gasteiger partial charge in [0.15, 0.2) is 0 Å². The number of nitrogens with zero attached hydrogens (tertiary/aromatic N) is 2. The van der Waals surface area contributed by atoms with E-state index in [9.17, 15) is 10.2 Å².